The molecule has 2 heterocycles. The number of anilines is 1. The van der Waals surface area contributed by atoms with E-state index in [-0.39, 0.29) is 6.10 Å². The fourth-order valence-electron chi connectivity index (χ4n) is 3.34. The maximum atomic E-state index is 10.1. The molecule has 1 aromatic rings. The van der Waals surface area contributed by atoms with Crippen molar-refractivity contribution >= 4 is 5.82 Å². The van der Waals surface area contributed by atoms with E-state index in [1.54, 1.807) is 0 Å². The fraction of sp³-hybridized carbons (Fsp3) is 0.667. The lowest BCUT2D eigenvalue weighted by Crippen LogP contribution is -2.54. The summed E-state index contributed by atoms with van der Waals surface area (Å²) in [4.78, 5) is 9.23. The van der Waals surface area contributed by atoms with Gasteiger partial charge in [-0.05, 0) is 25.0 Å². The number of aromatic nitrogens is 1. The normalized spacial score (nSPS) is 29.4. The van der Waals surface area contributed by atoms with Crippen molar-refractivity contribution in [2.45, 2.75) is 37.8 Å². The van der Waals surface area contributed by atoms with Crippen LogP contribution in [0.5, 0.6) is 0 Å². The molecular formula is C15H23N3O. The van der Waals surface area contributed by atoms with E-state index in [1.165, 1.54) is 12.8 Å². The molecule has 2 fully saturated rings. The van der Waals surface area contributed by atoms with Crippen LogP contribution in [0, 0.1) is 0 Å². The van der Waals surface area contributed by atoms with E-state index in [1.807, 2.05) is 18.3 Å². The molecule has 3 rings (SSSR count). The molecule has 104 valence electrons. The second-order valence-corrected chi connectivity index (χ2v) is 5.63. The van der Waals surface area contributed by atoms with Crippen LogP contribution in [0.1, 0.15) is 25.7 Å². The Morgan fingerprint density at radius 1 is 1.05 bits per heavy atom. The van der Waals surface area contributed by atoms with E-state index in [4.69, 9.17) is 0 Å². The third-order valence-electron chi connectivity index (χ3n) is 4.45. The molecule has 0 bridgehead atoms. The molecule has 2 aliphatic rings. The van der Waals surface area contributed by atoms with E-state index in [0.29, 0.717) is 6.04 Å². The Balaban J connectivity index is 1.57. The molecule has 1 aliphatic carbocycles. The van der Waals surface area contributed by atoms with Crippen LogP contribution in [-0.2, 0) is 0 Å². The van der Waals surface area contributed by atoms with Crippen molar-refractivity contribution in [1.29, 1.82) is 0 Å². The Hall–Kier alpha value is -1.13. The molecule has 0 aromatic carbocycles. The van der Waals surface area contributed by atoms with Crippen LogP contribution in [0.4, 0.5) is 5.82 Å². The molecule has 0 amide bonds. The molecule has 1 N–H and O–H groups in total. The number of nitrogens with zero attached hydrogens (tertiary/aromatic N) is 3. The van der Waals surface area contributed by atoms with Gasteiger partial charge in [0, 0.05) is 38.4 Å². The minimum atomic E-state index is -0.116. The van der Waals surface area contributed by atoms with Gasteiger partial charge in [0.15, 0.2) is 0 Å². The zero-order valence-corrected chi connectivity index (χ0v) is 11.4. The number of aliphatic hydroxyl groups is 1. The molecule has 1 saturated heterocycles. The Labute approximate surface area is 115 Å². The zero-order valence-electron chi connectivity index (χ0n) is 11.4. The van der Waals surface area contributed by atoms with Crippen LogP contribution in [-0.4, -0.2) is 53.3 Å². The Morgan fingerprint density at radius 3 is 2.53 bits per heavy atom. The number of rotatable bonds is 2. The predicted octanol–water partition coefficient (Wildman–Crippen LogP) is 1.51. The number of hydrogen-bond acceptors (Lipinski definition) is 4. The summed E-state index contributed by atoms with van der Waals surface area (Å²) in [6.07, 6.45) is 6.33. The van der Waals surface area contributed by atoms with Gasteiger partial charge in [-0.1, -0.05) is 18.9 Å². The Morgan fingerprint density at radius 2 is 1.84 bits per heavy atom. The van der Waals surface area contributed by atoms with Crippen LogP contribution in [0.3, 0.4) is 0 Å². The second kappa shape index (κ2) is 5.88. The first kappa shape index (κ1) is 12.9. The van der Waals surface area contributed by atoms with Gasteiger partial charge in [0.1, 0.15) is 5.82 Å². The molecule has 1 aromatic heterocycles. The van der Waals surface area contributed by atoms with E-state index in [2.05, 4.69) is 20.9 Å². The van der Waals surface area contributed by atoms with Gasteiger partial charge >= 0.3 is 0 Å². The Bertz CT molecular complexity index is 390. The van der Waals surface area contributed by atoms with Gasteiger partial charge in [-0.3, -0.25) is 4.90 Å². The topological polar surface area (TPSA) is 39.6 Å². The van der Waals surface area contributed by atoms with E-state index in [0.717, 1.165) is 44.8 Å². The average molecular weight is 261 g/mol. The van der Waals surface area contributed by atoms with Gasteiger partial charge in [-0.2, -0.15) is 0 Å². The standard InChI is InChI=1S/C15H23N3O/c19-14-6-2-1-5-13(14)17-9-11-18(12-10-17)15-7-3-4-8-16-15/h3-4,7-8,13-14,19H,1-2,5-6,9-12H2/t13-,14-/m0/s1. The summed E-state index contributed by atoms with van der Waals surface area (Å²) in [6, 6.07) is 6.46. The minimum Gasteiger partial charge on any atom is -0.391 e. The number of piperazine rings is 1. The number of aliphatic hydroxyl groups excluding tert-OH is 1. The molecular weight excluding hydrogens is 238 g/mol. The van der Waals surface area contributed by atoms with Crippen molar-refractivity contribution in [3.05, 3.63) is 24.4 Å². The van der Waals surface area contributed by atoms with Gasteiger partial charge in [-0.15, -0.1) is 0 Å². The van der Waals surface area contributed by atoms with Crippen LogP contribution in [0.15, 0.2) is 24.4 Å². The summed E-state index contributed by atoms with van der Waals surface area (Å²) < 4.78 is 0. The summed E-state index contributed by atoms with van der Waals surface area (Å²) in [5.74, 6) is 1.08. The zero-order chi connectivity index (χ0) is 13.1. The quantitative estimate of drug-likeness (QED) is 0.876. The van der Waals surface area contributed by atoms with Gasteiger partial charge < -0.3 is 10.0 Å². The van der Waals surface area contributed by atoms with Crippen molar-refractivity contribution in [3.63, 3.8) is 0 Å². The van der Waals surface area contributed by atoms with Crippen molar-refractivity contribution in [3.8, 4) is 0 Å². The van der Waals surface area contributed by atoms with Crippen molar-refractivity contribution < 1.29 is 5.11 Å². The van der Waals surface area contributed by atoms with Crippen molar-refractivity contribution in [2.75, 3.05) is 31.1 Å². The average Bonchev–Trinajstić information content (AvgIpc) is 2.49. The highest BCUT2D eigenvalue weighted by atomic mass is 16.3. The van der Waals surface area contributed by atoms with Crippen molar-refractivity contribution in [2.24, 2.45) is 0 Å². The number of pyridine rings is 1. The lowest BCUT2D eigenvalue weighted by atomic mass is 9.91. The summed E-state index contributed by atoms with van der Waals surface area (Å²) in [5.41, 5.74) is 0. The first-order valence-electron chi connectivity index (χ1n) is 7.43. The largest absolute Gasteiger partial charge is 0.391 e. The van der Waals surface area contributed by atoms with E-state index >= 15 is 0 Å². The highest BCUT2D eigenvalue weighted by Gasteiger charge is 2.30. The SMILES string of the molecule is O[C@H]1CCCC[C@@H]1N1CCN(c2ccccn2)CC1. The van der Waals surface area contributed by atoms with E-state index < -0.39 is 0 Å². The minimum absolute atomic E-state index is 0.116. The Kier molecular flexibility index (Phi) is 3.99. The first-order chi connectivity index (χ1) is 9.34. The third kappa shape index (κ3) is 2.90. The summed E-state index contributed by atoms with van der Waals surface area (Å²) in [6.45, 7) is 4.11. The lowest BCUT2D eigenvalue weighted by molar-refractivity contribution is 0.0172. The van der Waals surface area contributed by atoms with Gasteiger partial charge in [0.25, 0.3) is 0 Å². The maximum Gasteiger partial charge on any atom is 0.128 e. The molecule has 2 atom stereocenters. The highest BCUT2D eigenvalue weighted by Crippen LogP contribution is 2.24. The predicted molar refractivity (Wildman–Crippen MR) is 76.3 cm³/mol. The first-order valence-corrected chi connectivity index (χ1v) is 7.43. The summed E-state index contributed by atoms with van der Waals surface area (Å²) in [5, 5.41) is 10.1. The molecule has 4 heteroatoms. The summed E-state index contributed by atoms with van der Waals surface area (Å²) in [7, 11) is 0. The molecule has 0 radical (unpaired) electrons. The molecule has 19 heavy (non-hydrogen) atoms. The number of hydrogen-bond donors (Lipinski definition) is 1. The second-order valence-electron chi connectivity index (χ2n) is 5.63. The van der Waals surface area contributed by atoms with Crippen LogP contribution in [0.25, 0.3) is 0 Å². The van der Waals surface area contributed by atoms with Gasteiger partial charge in [0.2, 0.25) is 0 Å². The monoisotopic (exact) mass is 261 g/mol. The lowest BCUT2D eigenvalue weighted by Gasteiger charge is -2.43. The molecule has 1 saturated carbocycles. The van der Waals surface area contributed by atoms with Gasteiger partial charge in [-0.25, -0.2) is 4.98 Å². The molecule has 4 nitrogen and oxygen atoms in total. The smallest absolute Gasteiger partial charge is 0.128 e. The van der Waals surface area contributed by atoms with Crippen LogP contribution in [0.2, 0.25) is 0 Å². The molecule has 0 unspecified atom stereocenters. The maximum absolute atomic E-state index is 10.1. The van der Waals surface area contributed by atoms with Crippen LogP contribution >= 0.6 is 0 Å². The molecule has 0 spiro atoms. The third-order valence-corrected chi connectivity index (χ3v) is 4.45. The van der Waals surface area contributed by atoms with Gasteiger partial charge in [0.05, 0.1) is 6.10 Å². The van der Waals surface area contributed by atoms with E-state index in [9.17, 15) is 5.11 Å². The highest BCUT2D eigenvalue weighted by molar-refractivity contribution is 5.38. The molecule has 1 aliphatic heterocycles. The van der Waals surface area contributed by atoms with Crippen LogP contribution < -0.4 is 4.90 Å². The fourth-order valence-corrected chi connectivity index (χ4v) is 3.34. The van der Waals surface area contributed by atoms with Crippen molar-refractivity contribution in [1.82, 2.24) is 9.88 Å². The summed E-state index contributed by atoms with van der Waals surface area (Å²) >= 11 is 0.